The fourth-order valence-corrected chi connectivity index (χ4v) is 2.45. The van der Waals surface area contributed by atoms with Crippen molar-refractivity contribution >= 4 is 5.91 Å². The van der Waals surface area contributed by atoms with Gasteiger partial charge in [0.25, 0.3) is 0 Å². The number of amides is 1. The standard InChI is InChI=1S/C19H19N3O3/c1-25-17-7-8-18(23)15(10-17)12-20-19(24)9-14-11-21-22(13-14)16-5-3-2-4-6-16/h2-8,10-11,13,23H,9,12H2,1H3,(H,20,24). The Kier molecular flexibility index (Phi) is 4.99. The Labute approximate surface area is 145 Å². The fraction of sp³-hybridized carbons (Fsp3) is 0.158. The topological polar surface area (TPSA) is 76.4 Å². The third-order valence-electron chi connectivity index (χ3n) is 3.78. The maximum absolute atomic E-state index is 12.1. The zero-order valence-corrected chi connectivity index (χ0v) is 13.8. The zero-order valence-electron chi connectivity index (χ0n) is 13.8. The van der Waals surface area contributed by atoms with Gasteiger partial charge in [0, 0.05) is 18.3 Å². The van der Waals surface area contributed by atoms with Gasteiger partial charge in [-0.15, -0.1) is 0 Å². The normalized spacial score (nSPS) is 10.4. The van der Waals surface area contributed by atoms with E-state index in [9.17, 15) is 9.90 Å². The number of hydrogen-bond acceptors (Lipinski definition) is 4. The summed E-state index contributed by atoms with van der Waals surface area (Å²) < 4.78 is 6.85. The monoisotopic (exact) mass is 337 g/mol. The molecule has 0 saturated carbocycles. The number of para-hydroxylation sites is 1. The van der Waals surface area contributed by atoms with E-state index in [2.05, 4.69) is 10.4 Å². The second-order valence-electron chi connectivity index (χ2n) is 5.58. The van der Waals surface area contributed by atoms with Crippen LogP contribution in [0, 0.1) is 0 Å². The molecule has 0 aliphatic carbocycles. The van der Waals surface area contributed by atoms with Crippen LogP contribution in [0.5, 0.6) is 11.5 Å². The van der Waals surface area contributed by atoms with Crippen molar-refractivity contribution in [1.29, 1.82) is 0 Å². The number of nitrogens with zero attached hydrogens (tertiary/aromatic N) is 2. The number of aromatic hydroxyl groups is 1. The molecule has 6 heteroatoms. The molecule has 1 aromatic heterocycles. The molecule has 2 aromatic carbocycles. The summed E-state index contributed by atoms with van der Waals surface area (Å²) in [7, 11) is 1.55. The highest BCUT2D eigenvalue weighted by Crippen LogP contribution is 2.22. The van der Waals surface area contributed by atoms with Gasteiger partial charge in [0.1, 0.15) is 11.5 Å². The third kappa shape index (κ3) is 4.17. The van der Waals surface area contributed by atoms with Gasteiger partial charge in [-0.3, -0.25) is 4.79 Å². The van der Waals surface area contributed by atoms with E-state index >= 15 is 0 Å². The van der Waals surface area contributed by atoms with Crippen molar-refractivity contribution in [3.05, 3.63) is 72.1 Å². The Hall–Kier alpha value is -3.28. The fourth-order valence-electron chi connectivity index (χ4n) is 2.45. The van der Waals surface area contributed by atoms with E-state index in [1.165, 1.54) is 0 Å². The molecule has 0 unspecified atom stereocenters. The van der Waals surface area contributed by atoms with Gasteiger partial charge in [-0.25, -0.2) is 4.68 Å². The summed E-state index contributed by atoms with van der Waals surface area (Å²) >= 11 is 0. The van der Waals surface area contributed by atoms with Crippen LogP contribution in [-0.2, 0) is 17.8 Å². The lowest BCUT2D eigenvalue weighted by Crippen LogP contribution is -2.24. The van der Waals surface area contributed by atoms with Crippen LogP contribution >= 0.6 is 0 Å². The molecule has 0 spiro atoms. The minimum Gasteiger partial charge on any atom is -0.508 e. The molecule has 0 saturated heterocycles. The van der Waals surface area contributed by atoms with E-state index in [0.29, 0.717) is 11.3 Å². The second kappa shape index (κ2) is 7.53. The average Bonchev–Trinajstić information content (AvgIpc) is 3.10. The summed E-state index contributed by atoms with van der Waals surface area (Å²) in [4.78, 5) is 12.1. The number of phenolic OH excluding ortho intramolecular Hbond substituents is 1. The molecule has 0 radical (unpaired) electrons. The van der Waals surface area contributed by atoms with E-state index in [0.717, 1.165) is 11.3 Å². The van der Waals surface area contributed by atoms with Crippen LogP contribution in [0.4, 0.5) is 0 Å². The molecule has 1 amide bonds. The van der Waals surface area contributed by atoms with Crippen molar-refractivity contribution in [1.82, 2.24) is 15.1 Å². The van der Waals surface area contributed by atoms with Crippen LogP contribution in [0.3, 0.4) is 0 Å². The van der Waals surface area contributed by atoms with Crippen molar-refractivity contribution < 1.29 is 14.6 Å². The number of hydrogen-bond donors (Lipinski definition) is 2. The highest BCUT2D eigenvalue weighted by molar-refractivity contribution is 5.78. The first kappa shape index (κ1) is 16.6. The van der Waals surface area contributed by atoms with Gasteiger partial charge >= 0.3 is 0 Å². The maximum atomic E-state index is 12.1. The first-order valence-electron chi connectivity index (χ1n) is 7.87. The summed E-state index contributed by atoms with van der Waals surface area (Å²) in [6.45, 7) is 0.231. The van der Waals surface area contributed by atoms with Crippen molar-refractivity contribution in [3.8, 4) is 17.2 Å². The molecule has 0 aliphatic heterocycles. The lowest BCUT2D eigenvalue weighted by atomic mass is 10.2. The zero-order chi connectivity index (χ0) is 17.6. The van der Waals surface area contributed by atoms with Crippen molar-refractivity contribution in [2.24, 2.45) is 0 Å². The molecule has 0 fully saturated rings. The minimum absolute atomic E-state index is 0.123. The summed E-state index contributed by atoms with van der Waals surface area (Å²) in [6, 6.07) is 14.6. The van der Waals surface area contributed by atoms with E-state index < -0.39 is 0 Å². The SMILES string of the molecule is COc1ccc(O)c(CNC(=O)Cc2cnn(-c3ccccc3)c2)c1. The molecule has 3 aromatic rings. The van der Waals surface area contributed by atoms with Gasteiger partial charge in [0.05, 0.1) is 25.4 Å². The molecule has 25 heavy (non-hydrogen) atoms. The highest BCUT2D eigenvalue weighted by Gasteiger charge is 2.09. The number of methoxy groups -OCH3 is 1. The Bertz CT molecular complexity index is 859. The quantitative estimate of drug-likeness (QED) is 0.724. The van der Waals surface area contributed by atoms with Crippen LogP contribution < -0.4 is 10.1 Å². The molecule has 3 rings (SSSR count). The summed E-state index contributed by atoms with van der Waals surface area (Å²) in [5, 5.41) is 16.9. The van der Waals surface area contributed by atoms with E-state index in [1.54, 1.807) is 36.2 Å². The third-order valence-corrected chi connectivity index (χ3v) is 3.78. The van der Waals surface area contributed by atoms with Gasteiger partial charge in [-0.1, -0.05) is 18.2 Å². The maximum Gasteiger partial charge on any atom is 0.224 e. The molecular weight excluding hydrogens is 318 g/mol. The van der Waals surface area contributed by atoms with Gasteiger partial charge in [-0.05, 0) is 35.9 Å². The number of ether oxygens (including phenoxy) is 1. The Morgan fingerprint density at radius 2 is 2.04 bits per heavy atom. The molecular formula is C19H19N3O3. The number of nitrogens with one attached hydrogen (secondary N) is 1. The van der Waals surface area contributed by atoms with Crippen molar-refractivity contribution in [3.63, 3.8) is 0 Å². The number of phenols is 1. The molecule has 0 bridgehead atoms. The van der Waals surface area contributed by atoms with Gasteiger partial charge in [0.2, 0.25) is 5.91 Å². The van der Waals surface area contributed by atoms with Crippen LogP contribution in [0.1, 0.15) is 11.1 Å². The van der Waals surface area contributed by atoms with Gasteiger partial charge in [-0.2, -0.15) is 5.10 Å². The minimum atomic E-state index is -0.144. The molecule has 0 atom stereocenters. The van der Waals surface area contributed by atoms with Crippen LogP contribution in [0.25, 0.3) is 5.69 Å². The molecule has 1 heterocycles. The lowest BCUT2D eigenvalue weighted by Gasteiger charge is -2.08. The molecule has 0 aliphatic rings. The van der Waals surface area contributed by atoms with Crippen molar-refractivity contribution in [2.45, 2.75) is 13.0 Å². The predicted octanol–water partition coefficient (Wildman–Crippen LogP) is 2.45. The number of benzene rings is 2. The second-order valence-corrected chi connectivity index (χ2v) is 5.58. The Balaban J connectivity index is 1.59. The number of aromatic nitrogens is 2. The largest absolute Gasteiger partial charge is 0.508 e. The van der Waals surface area contributed by atoms with Crippen LogP contribution in [0.2, 0.25) is 0 Å². The lowest BCUT2D eigenvalue weighted by molar-refractivity contribution is -0.120. The summed E-state index contributed by atoms with van der Waals surface area (Å²) in [6.07, 6.45) is 3.73. The average molecular weight is 337 g/mol. The van der Waals surface area contributed by atoms with Crippen molar-refractivity contribution in [2.75, 3.05) is 7.11 Å². The molecule has 128 valence electrons. The number of carbonyl (C=O) groups is 1. The van der Waals surface area contributed by atoms with E-state index in [4.69, 9.17) is 4.74 Å². The highest BCUT2D eigenvalue weighted by atomic mass is 16.5. The first-order chi connectivity index (χ1) is 12.2. The van der Waals surface area contributed by atoms with E-state index in [1.807, 2.05) is 36.5 Å². The van der Waals surface area contributed by atoms with Crippen LogP contribution in [0.15, 0.2) is 60.9 Å². The van der Waals surface area contributed by atoms with Gasteiger partial charge < -0.3 is 15.2 Å². The number of rotatable bonds is 6. The smallest absolute Gasteiger partial charge is 0.224 e. The number of carbonyl (C=O) groups excluding carboxylic acids is 1. The van der Waals surface area contributed by atoms with E-state index in [-0.39, 0.29) is 24.6 Å². The Morgan fingerprint density at radius 1 is 1.24 bits per heavy atom. The molecule has 6 nitrogen and oxygen atoms in total. The summed E-state index contributed by atoms with van der Waals surface area (Å²) in [5.41, 5.74) is 2.36. The van der Waals surface area contributed by atoms with Gasteiger partial charge in [0.15, 0.2) is 0 Å². The molecule has 2 N–H and O–H groups in total. The predicted molar refractivity (Wildman–Crippen MR) is 93.8 cm³/mol. The Morgan fingerprint density at radius 3 is 2.80 bits per heavy atom. The first-order valence-corrected chi connectivity index (χ1v) is 7.87. The summed E-state index contributed by atoms with van der Waals surface area (Å²) in [5.74, 6) is 0.610. The van der Waals surface area contributed by atoms with Crippen LogP contribution in [-0.4, -0.2) is 27.9 Å².